The lowest BCUT2D eigenvalue weighted by Gasteiger charge is -2.40. The number of H-pyrrole nitrogens is 1. The van der Waals surface area contributed by atoms with E-state index in [1.54, 1.807) is 24.2 Å². The van der Waals surface area contributed by atoms with Gasteiger partial charge in [0.1, 0.15) is 5.65 Å². The number of fused-ring (bicyclic) bond motifs is 1. The van der Waals surface area contributed by atoms with Crippen molar-refractivity contribution in [2.45, 2.75) is 25.3 Å². The number of thioether (sulfide) groups is 1. The van der Waals surface area contributed by atoms with Gasteiger partial charge in [0.25, 0.3) is 5.91 Å². The van der Waals surface area contributed by atoms with Crippen molar-refractivity contribution in [2.75, 3.05) is 32.4 Å². The first kappa shape index (κ1) is 16.6. The van der Waals surface area contributed by atoms with Crippen LogP contribution in [0, 0.1) is 0 Å². The number of rotatable bonds is 2. The van der Waals surface area contributed by atoms with Crippen LogP contribution in [0.15, 0.2) is 29.5 Å². The second-order valence-electron chi connectivity index (χ2n) is 6.73. The van der Waals surface area contributed by atoms with Crippen molar-refractivity contribution in [1.82, 2.24) is 19.8 Å². The molecule has 2 aliphatic heterocycles. The Morgan fingerprint density at radius 2 is 2.20 bits per heavy atom. The Hall–Kier alpha value is -1.86. The third-order valence-electron chi connectivity index (χ3n) is 5.03. The van der Waals surface area contributed by atoms with Crippen molar-refractivity contribution in [2.24, 2.45) is 4.99 Å². The number of hydrogen-bond donors (Lipinski definition) is 1. The predicted molar refractivity (Wildman–Crippen MR) is 102 cm³/mol. The molecule has 2 fully saturated rings. The highest BCUT2D eigenvalue weighted by molar-refractivity contribution is 8.13. The van der Waals surface area contributed by atoms with Crippen LogP contribution in [0.3, 0.4) is 0 Å². The Kier molecular flexibility index (Phi) is 4.76. The highest BCUT2D eigenvalue weighted by Gasteiger charge is 2.28. The molecule has 0 atom stereocenters. The van der Waals surface area contributed by atoms with E-state index in [1.807, 2.05) is 12.1 Å². The van der Waals surface area contributed by atoms with Gasteiger partial charge in [0, 0.05) is 36.1 Å². The summed E-state index contributed by atoms with van der Waals surface area (Å²) in [5.41, 5.74) is 1.33. The molecule has 0 unspecified atom stereocenters. The van der Waals surface area contributed by atoms with Gasteiger partial charge in [-0.15, -0.1) is 0 Å². The molecule has 0 saturated carbocycles. The fraction of sp³-hybridized carbons (Fsp3) is 0.500. The molecule has 6 nitrogen and oxygen atoms in total. The number of hydrogen-bond acceptors (Lipinski definition) is 4. The summed E-state index contributed by atoms with van der Waals surface area (Å²) in [6.45, 7) is 3.23. The van der Waals surface area contributed by atoms with Gasteiger partial charge in [0.15, 0.2) is 5.17 Å². The average Bonchev–Trinajstić information content (AvgIpc) is 3.07. The first-order valence-electron chi connectivity index (χ1n) is 8.85. The van der Waals surface area contributed by atoms with Crippen LogP contribution in [-0.2, 0) is 0 Å². The number of piperidine rings is 1. The van der Waals surface area contributed by atoms with Gasteiger partial charge in [-0.3, -0.25) is 4.79 Å². The summed E-state index contributed by atoms with van der Waals surface area (Å²) in [7, 11) is 2.17. The molecule has 2 aliphatic rings. The summed E-state index contributed by atoms with van der Waals surface area (Å²) in [6, 6.07) is 4.26. The van der Waals surface area contributed by atoms with Crippen molar-refractivity contribution < 1.29 is 4.79 Å². The quantitative estimate of drug-likeness (QED) is 0.895. The molecular weight excluding hydrogens is 334 g/mol. The number of carbonyl (C=O) groups excluding carboxylic acids is 1. The van der Waals surface area contributed by atoms with Crippen LogP contribution in [0.2, 0.25) is 0 Å². The van der Waals surface area contributed by atoms with Crippen LogP contribution in [0.4, 0.5) is 0 Å². The number of carbonyl (C=O) groups is 1. The van der Waals surface area contributed by atoms with Gasteiger partial charge in [-0.1, -0.05) is 11.8 Å². The zero-order chi connectivity index (χ0) is 17.2. The number of aromatic nitrogens is 2. The highest BCUT2D eigenvalue weighted by atomic mass is 32.2. The molecule has 1 amide bonds. The fourth-order valence-electron chi connectivity index (χ4n) is 3.60. The third kappa shape index (κ3) is 3.43. The Balaban J connectivity index is 1.58. The molecule has 0 aromatic carbocycles. The summed E-state index contributed by atoms with van der Waals surface area (Å²) < 4.78 is 0. The molecule has 7 heteroatoms. The zero-order valence-electron chi connectivity index (χ0n) is 14.4. The predicted octanol–water partition coefficient (Wildman–Crippen LogP) is 2.59. The molecule has 4 heterocycles. The molecule has 4 rings (SSSR count). The first-order valence-corrected chi connectivity index (χ1v) is 9.84. The number of nitrogens with zero attached hydrogens (tertiary/aromatic N) is 4. The van der Waals surface area contributed by atoms with Crippen LogP contribution >= 0.6 is 11.8 Å². The lowest BCUT2D eigenvalue weighted by atomic mass is 10.0. The van der Waals surface area contributed by atoms with E-state index in [4.69, 9.17) is 0 Å². The summed E-state index contributed by atoms with van der Waals surface area (Å²) >= 11 is 1.71. The molecular formula is C18H23N5OS. The van der Waals surface area contributed by atoms with Crippen LogP contribution in [-0.4, -0.2) is 69.3 Å². The molecule has 0 aliphatic carbocycles. The summed E-state index contributed by atoms with van der Waals surface area (Å²) in [4.78, 5) is 29.3. The maximum Gasteiger partial charge on any atom is 0.281 e. The van der Waals surface area contributed by atoms with Gasteiger partial charge in [-0.25, -0.2) is 4.98 Å². The van der Waals surface area contributed by atoms with E-state index in [1.165, 1.54) is 0 Å². The lowest BCUT2D eigenvalue weighted by molar-refractivity contribution is 0.100. The molecule has 0 radical (unpaired) electrons. The van der Waals surface area contributed by atoms with E-state index >= 15 is 0 Å². The molecule has 0 bridgehead atoms. The van der Waals surface area contributed by atoms with Crippen molar-refractivity contribution in [3.05, 3.63) is 30.1 Å². The second kappa shape index (κ2) is 7.17. The van der Waals surface area contributed by atoms with Gasteiger partial charge >= 0.3 is 0 Å². The number of amidine groups is 1. The minimum atomic E-state index is -0.179. The summed E-state index contributed by atoms with van der Waals surface area (Å²) in [5, 5.41) is 1.73. The van der Waals surface area contributed by atoms with E-state index in [-0.39, 0.29) is 5.91 Å². The summed E-state index contributed by atoms with van der Waals surface area (Å²) in [5.74, 6) is 0.853. The van der Waals surface area contributed by atoms with E-state index in [2.05, 4.69) is 31.8 Å². The first-order chi connectivity index (χ1) is 12.2. The molecule has 2 aromatic heterocycles. The van der Waals surface area contributed by atoms with Crippen LogP contribution in [0.25, 0.3) is 11.0 Å². The maximum absolute atomic E-state index is 12.8. The van der Waals surface area contributed by atoms with Crippen LogP contribution in [0.1, 0.15) is 29.6 Å². The molecule has 2 aromatic rings. The van der Waals surface area contributed by atoms with Crippen molar-refractivity contribution >= 4 is 33.9 Å². The largest absolute Gasteiger partial charge is 0.348 e. The molecule has 1 N–H and O–H groups in total. The number of likely N-dealkylation sites (tertiary alicyclic amines) is 1. The Labute approximate surface area is 151 Å². The van der Waals surface area contributed by atoms with Gasteiger partial charge in [0.05, 0.1) is 5.56 Å². The van der Waals surface area contributed by atoms with Gasteiger partial charge < -0.3 is 14.8 Å². The monoisotopic (exact) mass is 357 g/mol. The molecule has 132 valence electrons. The number of pyridine rings is 1. The Morgan fingerprint density at radius 1 is 1.36 bits per heavy atom. The number of aliphatic imine (C=N–C) groups is 1. The minimum absolute atomic E-state index is 0.179. The van der Waals surface area contributed by atoms with Crippen molar-refractivity contribution in [1.29, 1.82) is 0 Å². The topological polar surface area (TPSA) is 64.6 Å². The fourth-order valence-corrected chi connectivity index (χ4v) is 4.61. The number of nitrogens with one attached hydrogen (secondary N) is 1. The third-order valence-corrected chi connectivity index (χ3v) is 6.10. The SMILES string of the molecule is CN1CCC(N2CCCSC2=NC(=O)c2c[nH]c3ncccc23)CC1. The minimum Gasteiger partial charge on any atom is -0.348 e. The normalized spacial score (nSPS) is 22.0. The van der Waals surface area contributed by atoms with Gasteiger partial charge in [-0.2, -0.15) is 4.99 Å². The molecule has 2 saturated heterocycles. The number of aromatic amines is 1. The standard InChI is InChI=1S/C18H23N5OS/c1-22-9-5-13(6-10-22)23-8-3-11-25-18(23)21-17(24)15-12-20-16-14(15)4-2-7-19-16/h2,4,7,12-13H,3,5-6,8-11H2,1H3,(H,19,20). The molecule has 0 spiro atoms. The van der Waals surface area contributed by atoms with Crippen molar-refractivity contribution in [3.8, 4) is 0 Å². The Bertz CT molecular complexity index is 794. The van der Waals surface area contributed by atoms with E-state index in [0.29, 0.717) is 11.6 Å². The number of amides is 1. The van der Waals surface area contributed by atoms with Crippen molar-refractivity contribution in [3.63, 3.8) is 0 Å². The van der Waals surface area contributed by atoms with Gasteiger partial charge in [-0.05, 0) is 51.5 Å². The zero-order valence-corrected chi connectivity index (χ0v) is 15.3. The average molecular weight is 357 g/mol. The highest BCUT2D eigenvalue weighted by Crippen LogP contribution is 2.26. The van der Waals surface area contributed by atoms with E-state index < -0.39 is 0 Å². The molecule has 25 heavy (non-hydrogen) atoms. The maximum atomic E-state index is 12.8. The summed E-state index contributed by atoms with van der Waals surface area (Å²) in [6.07, 6.45) is 6.87. The van der Waals surface area contributed by atoms with E-state index in [0.717, 1.165) is 60.9 Å². The Morgan fingerprint density at radius 3 is 3.04 bits per heavy atom. The van der Waals surface area contributed by atoms with E-state index in [9.17, 15) is 4.79 Å². The second-order valence-corrected chi connectivity index (χ2v) is 7.79. The van der Waals surface area contributed by atoms with Crippen LogP contribution < -0.4 is 0 Å². The van der Waals surface area contributed by atoms with Crippen LogP contribution in [0.5, 0.6) is 0 Å². The lowest BCUT2D eigenvalue weighted by Crippen LogP contribution is -2.47. The van der Waals surface area contributed by atoms with Gasteiger partial charge in [0.2, 0.25) is 0 Å². The smallest absolute Gasteiger partial charge is 0.281 e.